The number of carbonyl (C=O) groups is 1. The zero-order valence-corrected chi connectivity index (χ0v) is 19.2. The Morgan fingerprint density at radius 3 is 2.56 bits per heavy atom. The average molecular weight is 477 g/mol. The van der Waals surface area contributed by atoms with E-state index in [2.05, 4.69) is 10.1 Å². The number of pyridine rings is 1. The van der Waals surface area contributed by atoms with Crippen LogP contribution in [0.25, 0.3) is 16.8 Å². The lowest BCUT2D eigenvalue weighted by molar-refractivity contribution is 0.0749. The normalized spacial score (nSPS) is 13.2. The average Bonchev–Trinajstić information content (AvgIpc) is 3.43. The van der Waals surface area contributed by atoms with Gasteiger partial charge in [-0.15, -0.1) is 0 Å². The highest BCUT2D eigenvalue weighted by Gasteiger charge is 2.30. The molecule has 0 N–H and O–H groups in total. The topological polar surface area (TPSA) is 85.2 Å². The molecule has 7 nitrogen and oxygen atoms in total. The molecule has 4 aromatic rings. The minimum Gasteiger partial charge on any atom is -0.328 e. The Morgan fingerprint density at radius 1 is 1.06 bits per heavy atom. The molecule has 0 fully saturated rings. The zero-order chi connectivity index (χ0) is 23.9. The Kier molecular flexibility index (Phi) is 5.49. The lowest BCUT2D eigenvalue weighted by atomic mass is 9.99. The maximum atomic E-state index is 13.6. The fourth-order valence-corrected chi connectivity index (χ4v) is 4.96. The number of nitrogens with zero attached hydrogens (tertiary/aromatic N) is 4. The second-order valence-electron chi connectivity index (χ2n) is 8.05. The van der Waals surface area contributed by atoms with E-state index in [9.17, 15) is 17.6 Å². The molecule has 34 heavy (non-hydrogen) atoms. The summed E-state index contributed by atoms with van der Waals surface area (Å²) in [5, 5.41) is 4.50. The molecule has 0 atom stereocenters. The first-order valence-electron chi connectivity index (χ1n) is 10.8. The summed E-state index contributed by atoms with van der Waals surface area (Å²) in [6.07, 6.45) is 4.40. The maximum Gasteiger partial charge on any atom is 0.255 e. The van der Waals surface area contributed by atoms with Crippen LogP contribution in [0.3, 0.4) is 0 Å². The Hall–Kier alpha value is -3.85. The molecule has 1 aliphatic heterocycles. The molecule has 2 aromatic heterocycles. The molecule has 0 unspecified atom stereocenters. The molecular formula is C25H21FN4O3S. The van der Waals surface area contributed by atoms with Crippen LogP contribution in [0.15, 0.2) is 78.1 Å². The van der Waals surface area contributed by atoms with E-state index in [1.807, 2.05) is 30.3 Å². The summed E-state index contributed by atoms with van der Waals surface area (Å²) in [5.74, 6) is -0.784. The van der Waals surface area contributed by atoms with E-state index in [1.54, 1.807) is 34.8 Å². The first kappa shape index (κ1) is 22.0. The van der Waals surface area contributed by atoms with Gasteiger partial charge in [0.2, 0.25) is 0 Å². The first-order valence-corrected chi connectivity index (χ1v) is 12.4. The van der Waals surface area contributed by atoms with Gasteiger partial charge >= 0.3 is 0 Å². The lowest BCUT2D eigenvalue weighted by Crippen LogP contribution is -2.26. The number of halogens is 1. The van der Waals surface area contributed by atoms with Gasteiger partial charge < -0.3 is 4.90 Å². The van der Waals surface area contributed by atoms with E-state index in [-0.39, 0.29) is 23.1 Å². The highest BCUT2D eigenvalue weighted by atomic mass is 32.2. The molecule has 1 aliphatic rings. The quantitative estimate of drug-likeness (QED) is 0.434. The van der Waals surface area contributed by atoms with Crippen molar-refractivity contribution in [1.29, 1.82) is 0 Å². The lowest BCUT2D eigenvalue weighted by Gasteiger charge is -2.19. The van der Waals surface area contributed by atoms with Gasteiger partial charge in [0.05, 0.1) is 41.0 Å². The van der Waals surface area contributed by atoms with E-state index in [0.29, 0.717) is 29.1 Å². The van der Waals surface area contributed by atoms with Crippen molar-refractivity contribution in [1.82, 2.24) is 19.7 Å². The predicted octanol–water partition coefficient (Wildman–Crippen LogP) is 4.02. The van der Waals surface area contributed by atoms with Crippen molar-refractivity contribution in [3.05, 3.63) is 95.8 Å². The van der Waals surface area contributed by atoms with Crippen LogP contribution >= 0.6 is 0 Å². The summed E-state index contributed by atoms with van der Waals surface area (Å²) < 4.78 is 40.1. The minimum absolute atomic E-state index is 0.0521. The van der Waals surface area contributed by atoms with Gasteiger partial charge in [0, 0.05) is 29.9 Å². The molecule has 0 spiro atoms. The number of amides is 1. The van der Waals surface area contributed by atoms with Gasteiger partial charge in [-0.25, -0.2) is 17.5 Å². The summed E-state index contributed by atoms with van der Waals surface area (Å²) in [5.41, 5.74) is 3.87. The van der Waals surface area contributed by atoms with E-state index in [4.69, 9.17) is 0 Å². The largest absolute Gasteiger partial charge is 0.328 e. The smallest absolute Gasteiger partial charge is 0.255 e. The standard InChI is InChI=1S/C25H21FN4O3S/c1-2-34(32,33)21-8-9-22(17-6-4-3-5-7-17)23(11-21)25(31)29-14-18-15-30(28-24(18)16-29)20-10-19(26)12-27-13-20/h3-13,15H,2,14,16H2,1H3. The third-order valence-electron chi connectivity index (χ3n) is 5.87. The van der Waals surface area contributed by atoms with E-state index < -0.39 is 15.7 Å². The Morgan fingerprint density at radius 2 is 1.85 bits per heavy atom. The van der Waals surface area contributed by atoms with Crippen LogP contribution in [0.4, 0.5) is 4.39 Å². The van der Waals surface area contributed by atoms with Crippen LogP contribution in [0.1, 0.15) is 28.5 Å². The summed E-state index contributed by atoms with van der Waals surface area (Å²) in [7, 11) is -3.48. The van der Waals surface area contributed by atoms with Crippen molar-refractivity contribution in [3.8, 4) is 16.8 Å². The monoisotopic (exact) mass is 476 g/mol. The summed E-state index contributed by atoms with van der Waals surface area (Å²) >= 11 is 0. The third kappa shape index (κ3) is 3.99. The van der Waals surface area contributed by atoms with Crippen LogP contribution in [0.5, 0.6) is 0 Å². The van der Waals surface area contributed by atoms with Gasteiger partial charge in [-0.3, -0.25) is 9.78 Å². The molecule has 0 bridgehead atoms. The van der Waals surface area contributed by atoms with Crippen molar-refractivity contribution < 1.29 is 17.6 Å². The number of fused-ring (bicyclic) bond motifs is 1. The van der Waals surface area contributed by atoms with Gasteiger partial charge in [0.15, 0.2) is 9.84 Å². The SMILES string of the molecule is CCS(=O)(=O)c1ccc(-c2ccccc2)c(C(=O)N2Cc3cn(-c4cncc(F)c4)nc3C2)c1. The van der Waals surface area contributed by atoms with Crippen LogP contribution in [0.2, 0.25) is 0 Å². The maximum absolute atomic E-state index is 13.6. The van der Waals surface area contributed by atoms with Crippen molar-refractivity contribution in [3.63, 3.8) is 0 Å². The predicted molar refractivity (Wildman–Crippen MR) is 124 cm³/mol. The summed E-state index contributed by atoms with van der Waals surface area (Å²) in [6.45, 7) is 2.16. The molecule has 1 amide bonds. The Balaban J connectivity index is 1.48. The number of benzene rings is 2. The molecule has 2 aromatic carbocycles. The molecule has 0 saturated carbocycles. The Bertz CT molecular complexity index is 1480. The van der Waals surface area contributed by atoms with E-state index in [0.717, 1.165) is 17.3 Å². The molecule has 0 saturated heterocycles. The highest BCUT2D eigenvalue weighted by Crippen LogP contribution is 2.31. The molecule has 9 heteroatoms. The first-order chi connectivity index (χ1) is 16.4. The summed E-state index contributed by atoms with van der Waals surface area (Å²) in [4.78, 5) is 19.2. The van der Waals surface area contributed by atoms with Gasteiger partial charge in [0.25, 0.3) is 5.91 Å². The number of hydrogen-bond donors (Lipinski definition) is 0. The Labute approximate surface area is 196 Å². The van der Waals surface area contributed by atoms with Gasteiger partial charge in [-0.1, -0.05) is 43.3 Å². The number of rotatable bonds is 5. The summed E-state index contributed by atoms with van der Waals surface area (Å²) in [6, 6.07) is 15.4. The van der Waals surface area contributed by atoms with Gasteiger partial charge in [-0.2, -0.15) is 5.10 Å². The van der Waals surface area contributed by atoms with E-state index in [1.165, 1.54) is 18.3 Å². The van der Waals surface area contributed by atoms with Crippen molar-refractivity contribution in [2.24, 2.45) is 0 Å². The number of hydrogen-bond acceptors (Lipinski definition) is 5. The second-order valence-corrected chi connectivity index (χ2v) is 10.3. The molecule has 5 rings (SSSR count). The highest BCUT2D eigenvalue weighted by molar-refractivity contribution is 7.91. The molecule has 3 heterocycles. The number of carbonyl (C=O) groups excluding carboxylic acids is 1. The fraction of sp³-hybridized carbons (Fsp3) is 0.160. The molecule has 0 aliphatic carbocycles. The number of aromatic nitrogens is 3. The third-order valence-corrected chi connectivity index (χ3v) is 7.60. The number of sulfone groups is 1. The second kappa shape index (κ2) is 8.49. The van der Waals surface area contributed by atoms with Crippen molar-refractivity contribution >= 4 is 15.7 Å². The van der Waals surface area contributed by atoms with Crippen LogP contribution in [-0.4, -0.2) is 39.7 Å². The van der Waals surface area contributed by atoms with Crippen LogP contribution in [0, 0.1) is 5.82 Å². The zero-order valence-electron chi connectivity index (χ0n) is 18.3. The van der Waals surface area contributed by atoms with Crippen LogP contribution < -0.4 is 0 Å². The van der Waals surface area contributed by atoms with Crippen molar-refractivity contribution in [2.45, 2.75) is 24.9 Å². The fourth-order valence-electron chi connectivity index (χ4n) is 4.05. The molecular weight excluding hydrogens is 455 g/mol. The van der Waals surface area contributed by atoms with Gasteiger partial charge in [-0.05, 0) is 23.3 Å². The molecule has 0 radical (unpaired) electrons. The van der Waals surface area contributed by atoms with E-state index >= 15 is 0 Å². The van der Waals surface area contributed by atoms with Crippen LogP contribution in [-0.2, 0) is 22.9 Å². The minimum atomic E-state index is -3.48. The van der Waals surface area contributed by atoms with Gasteiger partial charge in [0.1, 0.15) is 5.82 Å². The molecule has 172 valence electrons. The van der Waals surface area contributed by atoms with Crippen molar-refractivity contribution in [2.75, 3.05) is 5.75 Å².